The molecule has 0 N–H and O–H groups in total. The molecular weight excluding hydrogens is 104 g/mol. The molecule has 0 rings (SSSR count). The molecule has 0 spiro atoms. The summed E-state index contributed by atoms with van der Waals surface area (Å²) in [5, 5.41) is 0. The molecule has 0 aromatic rings. The van der Waals surface area contributed by atoms with Crippen LogP contribution in [0.1, 0.15) is 13.8 Å². The fraction of sp³-hybridized carbons (Fsp3) is 0.500. The minimum Gasteiger partial charge on any atom is -0.491 e. The monoisotopic (exact) mass is 114 g/mol. The van der Waals surface area contributed by atoms with Crippen molar-refractivity contribution < 1.29 is 9.53 Å². The third-order valence-electron chi connectivity index (χ3n) is 0.873. The highest BCUT2D eigenvalue weighted by molar-refractivity contribution is 5.79. The maximum atomic E-state index is 10.4. The van der Waals surface area contributed by atoms with Crippen LogP contribution >= 0.6 is 0 Å². The largest absolute Gasteiger partial charge is 0.491 e. The minimum atomic E-state index is -0.340. The molecule has 0 amide bonds. The predicted octanol–water partition coefficient (Wildman–Crippen LogP) is 1.12. The van der Waals surface area contributed by atoms with Crippen molar-refractivity contribution in [1.29, 1.82) is 0 Å². The molecule has 0 aliphatic rings. The summed E-state index contributed by atoms with van der Waals surface area (Å²) in [4.78, 5) is 10.4. The Balaban J connectivity index is 3.46. The van der Waals surface area contributed by atoms with Crippen LogP contribution in [0.15, 0.2) is 12.8 Å². The maximum absolute atomic E-state index is 10.4. The Morgan fingerprint density at radius 1 is 1.88 bits per heavy atom. The molecule has 0 aliphatic carbocycles. The van der Waals surface area contributed by atoms with E-state index in [0.717, 1.165) is 0 Å². The summed E-state index contributed by atoms with van der Waals surface area (Å²) >= 11 is 0. The molecule has 46 valence electrons. The number of carbonyl (C=O) groups excluding carboxylic acids is 1. The summed E-state index contributed by atoms with van der Waals surface area (Å²) in [6.45, 7) is 6.47. The van der Waals surface area contributed by atoms with Gasteiger partial charge in [-0.25, -0.2) is 0 Å². The Kier molecular flexibility index (Phi) is 2.92. The van der Waals surface area contributed by atoms with Gasteiger partial charge in [0.25, 0.3) is 0 Å². The second-order valence-corrected chi connectivity index (χ2v) is 1.56. The molecule has 0 heterocycles. The van der Waals surface area contributed by atoms with Gasteiger partial charge in [-0.1, -0.05) is 6.58 Å². The van der Waals surface area contributed by atoms with Gasteiger partial charge in [0.2, 0.25) is 0 Å². The van der Waals surface area contributed by atoms with Crippen LogP contribution in [0.2, 0.25) is 0 Å². The van der Waals surface area contributed by atoms with E-state index >= 15 is 0 Å². The molecule has 0 aliphatic heterocycles. The minimum absolute atomic E-state index is 0.0184. The molecule has 2 heteroatoms. The SMILES string of the molecule is C=COC(C)C(C)=O. The molecule has 0 aromatic carbocycles. The van der Waals surface area contributed by atoms with E-state index in [9.17, 15) is 4.79 Å². The summed E-state index contributed by atoms with van der Waals surface area (Å²) in [6, 6.07) is 0. The fourth-order valence-corrected chi connectivity index (χ4v) is 0.240. The van der Waals surface area contributed by atoms with Crippen LogP contribution in [0.4, 0.5) is 0 Å². The van der Waals surface area contributed by atoms with Crippen molar-refractivity contribution in [3.05, 3.63) is 12.8 Å². The van der Waals surface area contributed by atoms with Crippen molar-refractivity contribution in [2.75, 3.05) is 0 Å². The Morgan fingerprint density at radius 3 is 2.50 bits per heavy atom. The van der Waals surface area contributed by atoms with Gasteiger partial charge < -0.3 is 4.74 Å². The second-order valence-electron chi connectivity index (χ2n) is 1.56. The zero-order valence-electron chi connectivity index (χ0n) is 5.18. The van der Waals surface area contributed by atoms with E-state index in [2.05, 4.69) is 6.58 Å². The van der Waals surface area contributed by atoms with Crippen molar-refractivity contribution in [3.63, 3.8) is 0 Å². The van der Waals surface area contributed by atoms with E-state index in [0.29, 0.717) is 0 Å². The molecule has 1 unspecified atom stereocenters. The quantitative estimate of drug-likeness (QED) is 0.514. The summed E-state index contributed by atoms with van der Waals surface area (Å²) in [5.74, 6) is 0.0184. The molecule has 0 bridgehead atoms. The fourth-order valence-electron chi connectivity index (χ4n) is 0.240. The Morgan fingerprint density at radius 2 is 2.38 bits per heavy atom. The van der Waals surface area contributed by atoms with Crippen molar-refractivity contribution in [2.45, 2.75) is 20.0 Å². The van der Waals surface area contributed by atoms with Crippen molar-refractivity contribution in [3.8, 4) is 0 Å². The summed E-state index contributed by atoms with van der Waals surface area (Å²) in [7, 11) is 0. The average molecular weight is 114 g/mol. The zero-order chi connectivity index (χ0) is 6.57. The summed E-state index contributed by atoms with van der Waals surface area (Å²) < 4.78 is 4.72. The van der Waals surface area contributed by atoms with Crippen LogP contribution in [0, 0.1) is 0 Å². The zero-order valence-corrected chi connectivity index (χ0v) is 5.18. The van der Waals surface area contributed by atoms with Gasteiger partial charge >= 0.3 is 0 Å². The maximum Gasteiger partial charge on any atom is 0.169 e. The number of hydrogen-bond donors (Lipinski definition) is 0. The number of rotatable bonds is 3. The Hall–Kier alpha value is -0.790. The van der Waals surface area contributed by atoms with E-state index in [1.165, 1.54) is 13.2 Å². The van der Waals surface area contributed by atoms with Crippen molar-refractivity contribution in [1.82, 2.24) is 0 Å². The number of Topliss-reactive ketones (excluding diaryl/α,β-unsaturated/α-hetero) is 1. The van der Waals surface area contributed by atoms with Gasteiger partial charge in [-0.15, -0.1) is 0 Å². The van der Waals surface area contributed by atoms with Crippen LogP contribution < -0.4 is 0 Å². The van der Waals surface area contributed by atoms with Crippen LogP contribution in [0.3, 0.4) is 0 Å². The molecular formula is C6H10O2. The lowest BCUT2D eigenvalue weighted by atomic mass is 10.3. The summed E-state index contributed by atoms with van der Waals surface area (Å²) in [5.41, 5.74) is 0. The Labute approximate surface area is 49.1 Å². The number of carbonyl (C=O) groups is 1. The molecule has 0 aromatic heterocycles. The van der Waals surface area contributed by atoms with Crippen LogP contribution in [-0.4, -0.2) is 11.9 Å². The van der Waals surface area contributed by atoms with Gasteiger partial charge in [0.15, 0.2) is 11.9 Å². The first-order chi connectivity index (χ1) is 3.68. The Bertz CT molecular complexity index is 96.7. The average Bonchev–Trinajstić information content (AvgIpc) is 1.67. The van der Waals surface area contributed by atoms with Gasteiger partial charge in [-0.2, -0.15) is 0 Å². The van der Waals surface area contributed by atoms with Crippen molar-refractivity contribution >= 4 is 5.78 Å². The first kappa shape index (κ1) is 7.21. The summed E-state index contributed by atoms with van der Waals surface area (Å²) in [6.07, 6.45) is 0.930. The highest BCUT2D eigenvalue weighted by Gasteiger charge is 2.03. The molecule has 0 saturated heterocycles. The molecule has 1 atom stereocenters. The van der Waals surface area contributed by atoms with Crippen LogP contribution in [-0.2, 0) is 9.53 Å². The standard InChI is InChI=1S/C6H10O2/c1-4-8-6(3)5(2)7/h4,6H,1H2,2-3H3. The molecule has 0 fully saturated rings. The normalized spacial score (nSPS) is 12.2. The van der Waals surface area contributed by atoms with E-state index < -0.39 is 0 Å². The van der Waals surface area contributed by atoms with Gasteiger partial charge in [0, 0.05) is 0 Å². The van der Waals surface area contributed by atoms with Gasteiger partial charge in [0.1, 0.15) is 0 Å². The third kappa shape index (κ3) is 2.39. The predicted molar refractivity (Wildman–Crippen MR) is 31.4 cm³/mol. The van der Waals surface area contributed by atoms with E-state index in [1.54, 1.807) is 6.92 Å². The van der Waals surface area contributed by atoms with Crippen LogP contribution in [0.25, 0.3) is 0 Å². The topological polar surface area (TPSA) is 26.3 Å². The smallest absolute Gasteiger partial charge is 0.169 e. The lowest BCUT2D eigenvalue weighted by Gasteiger charge is -2.04. The van der Waals surface area contributed by atoms with Gasteiger partial charge in [-0.3, -0.25) is 4.79 Å². The first-order valence-electron chi connectivity index (χ1n) is 2.45. The number of ketones is 1. The number of hydrogen-bond acceptors (Lipinski definition) is 2. The molecule has 0 radical (unpaired) electrons. The number of ether oxygens (including phenoxy) is 1. The molecule has 0 saturated carbocycles. The highest BCUT2D eigenvalue weighted by atomic mass is 16.5. The van der Waals surface area contributed by atoms with Gasteiger partial charge in [0.05, 0.1) is 6.26 Å². The third-order valence-corrected chi connectivity index (χ3v) is 0.873. The second kappa shape index (κ2) is 3.24. The van der Waals surface area contributed by atoms with E-state index in [1.807, 2.05) is 0 Å². The molecule has 8 heavy (non-hydrogen) atoms. The highest BCUT2D eigenvalue weighted by Crippen LogP contribution is 1.90. The van der Waals surface area contributed by atoms with Gasteiger partial charge in [-0.05, 0) is 13.8 Å². The lowest BCUT2D eigenvalue weighted by Crippen LogP contribution is -2.13. The van der Waals surface area contributed by atoms with E-state index in [-0.39, 0.29) is 11.9 Å². The molecule has 2 nitrogen and oxygen atoms in total. The van der Waals surface area contributed by atoms with E-state index in [4.69, 9.17) is 4.74 Å². The first-order valence-corrected chi connectivity index (χ1v) is 2.45. The van der Waals surface area contributed by atoms with Crippen LogP contribution in [0.5, 0.6) is 0 Å². The van der Waals surface area contributed by atoms with Crippen molar-refractivity contribution in [2.24, 2.45) is 0 Å². The lowest BCUT2D eigenvalue weighted by molar-refractivity contribution is -0.124.